The van der Waals surface area contributed by atoms with Crippen molar-refractivity contribution in [2.45, 2.75) is 19.9 Å². The molecule has 0 spiro atoms. The number of aliphatic carboxylic acids is 1. The second-order valence-corrected chi connectivity index (χ2v) is 6.62. The van der Waals surface area contributed by atoms with Gasteiger partial charge in [0.15, 0.2) is 17.3 Å². The van der Waals surface area contributed by atoms with E-state index in [0.717, 1.165) is 0 Å². The predicted molar refractivity (Wildman–Crippen MR) is 98.5 cm³/mol. The summed E-state index contributed by atoms with van der Waals surface area (Å²) in [5, 5.41) is 16.1. The average Bonchev–Trinajstić information content (AvgIpc) is 3.36. The van der Waals surface area contributed by atoms with Crippen molar-refractivity contribution in [3.05, 3.63) is 53.6 Å². The van der Waals surface area contributed by atoms with Crippen molar-refractivity contribution in [2.24, 2.45) is 5.92 Å². The number of benzene rings is 1. The quantitative estimate of drug-likeness (QED) is 0.655. The number of hydrogen-bond donors (Lipinski definition) is 2. The fraction of sp³-hybridized carbons (Fsp3) is 0.250. The maximum absolute atomic E-state index is 12.7. The van der Waals surface area contributed by atoms with Crippen LogP contribution in [-0.4, -0.2) is 30.6 Å². The Bertz CT molecular complexity index is 948. The van der Waals surface area contributed by atoms with Crippen molar-refractivity contribution in [1.82, 2.24) is 10.6 Å². The van der Waals surface area contributed by atoms with Crippen LogP contribution in [0.25, 0.3) is 6.08 Å². The Balaban J connectivity index is 1.89. The summed E-state index contributed by atoms with van der Waals surface area (Å²) < 4.78 is 15.6. The molecule has 0 unspecified atom stereocenters. The second kappa shape index (κ2) is 8.51. The lowest BCUT2D eigenvalue weighted by Crippen LogP contribution is -2.52. The molecule has 9 heteroatoms. The highest BCUT2D eigenvalue weighted by Gasteiger charge is 2.22. The van der Waals surface area contributed by atoms with E-state index in [0.29, 0.717) is 17.1 Å². The number of carboxylic acid groups (broad SMARTS) is 1. The lowest BCUT2D eigenvalue weighted by atomic mass is 10.0. The maximum atomic E-state index is 12.7. The van der Waals surface area contributed by atoms with Gasteiger partial charge in [-0.15, -0.1) is 0 Å². The van der Waals surface area contributed by atoms with Gasteiger partial charge in [0.25, 0.3) is 11.8 Å². The van der Waals surface area contributed by atoms with Gasteiger partial charge in [-0.05, 0) is 41.8 Å². The number of fused-ring (bicyclic) bond motifs is 1. The number of amides is 2. The van der Waals surface area contributed by atoms with Crippen LogP contribution in [0.5, 0.6) is 11.5 Å². The molecule has 0 fully saturated rings. The molecule has 152 valence electrons. The normalized spacial score (nSPS) is 13.8. The zero-order chi connectivity index (χ0) is 21.0. The molecule has 2 N–H and O–H groups in total. The Hall–Kier alpha value is -3.75. The molecule has 3 rings (SSSR count). The third kappa shape index (κ3) is 4.75. The molecule has 9 nitrogen and oxygen atoms in total. The molecule has 1 aliphatic rings. The van der Waals surface area contributed by atoms with E-state index in [-0.39, 0.29) is 18.3 Å². The van der Waals surface area contributed by atoms with Gasteiger partial charge in [-0.1, -0.05) is 19.9 Å². The van der Waals surface area contributed by atoms with Gasteiger partial charge >= 0.3 is 0 Å². The largest absolute Gasteiger partial charge is 0.548 e. The summed E-state index contributed by atoms with van der Waals surface area (Å²) in [6.07, 6.45) is 2.71. The number of carbonyl (C=O) groups is 3. The maximum Gasteiger partial charge on any atom is 0.291 e. The van der Waals surface area contributed by atoms with Crippen LogP contribution in [0.1, 0.15) is 30.0 Å². The third-order valence-electron chi connectivity index (χ3n) is 4.15. The fourth-order valence-electron chi connectivity index (χ4n) is 2.64. The molecular formula is C20H19N2O7-. The number of ether oxygens (including phenoxy) is 2. The second-order valence-electron chi connectivity index (χ2n) is 6.62. The van der Waals surface area contributed by atoms with Crippen LogP contribution in [0.2, 0.25) is 0 Å². The molecule has 1 aromatic heterocycles. The van der Waals surface area contributed by atoms with Crippen LogP contribution in [0.3, 0.4) is 0 Å². The Morgan fingerprint density at radius 3 is 2.55 bits per heavy atom. The molecule has 2 heterocycles. The van der Waals surface area contributed by atoms with E-state index in [1.165, 1.54) is 24.5 Å². The first-order valence-corrected chi connectivity index (χ1v) is 8.83. The highest BCUT2D eigenvalue weighted by Crippen LogP contribution is 2.33. The van der Waals surface area contributed by atoms with Gasteiger partial charge in [0.2, 0.25) is 6.79 Å². The zero-order valence-electron chi connectivity index (χ0n) is 15.8. The Labute approximate surface area is 166 Å². The van der Waals surface area contributed by atoms with E-state index in [9.17, 15) is 19.5 Å². The third-order valence-corrected chi connectivity index (χ3v) is 4.15. The van der Waals surface area contributed by atoms with Gasteiger partial charge < -0.3 is 34.4 Å². The summed E-state index contributed by atoms with van der Waals surface area (Å²) in [5.41, 5.74) is 0.367. The first kappa shape index (κ1) is 20.0. The van der Waals surface area contributed by atoms with Crippen molar-refractivity contribution in [3.63, 3.8) is 0 Å². The minimum atomic E-state index is -1.42. The number of carbonyl (C=O) groups excluding carboxylic acids is 3. The van der Waals surface area contributed by atoms with Crippen LogP contribution in [0.4, 0.5) is 0 Å². The van der Waals surface area contributed by atoms with Crippen LogP contribution < -0.4 is 25.2 Å². The van der Waals surface area contributed by atoms with Gasteiger partial charge in [-0.2, -0.15) is 0 Å². The van der Waals surface area contributed by atoms with Gasteiger partial charge in [-0.3, -0.25) is 9.59 Å². The lowest BCUT2D eigenvalue weighted by Gasteiger charge is -2.24. The number of furan rings is 1. The first-order valence-electron chi connectivity index (χ1n) is 8.83. The molecule has 2 aromatic rings. The number of hydrogen-bond acceptors (Lipinski definition) is 7. The van der Waals surface area contributed by atoms with Crippen molar-refractivity contribution in [1.29, 1.82) is 0 Å². The molecule has 0 saturated heterocycles. The molecular weight excluding hydrogens is 380 g/mol. The fourth-order valence-corrected chi connectivity index (χ4v) is 2.64. The number of carboxylic acids is 1. The van der Waals surface area contributed by atoms with Crippen molar-refractivity contribution < 1.29 is 33.4 Å². The predicted octanol–water partition coefficient (Wildman–Crippen LogP) is 0.670. The molecule has 1 aromatic carbocycles. The van der Waals surface area contributed by atoms with Crippen LogP contribution in [-0.2, 0) is 9.59 Å². The summed E-state index contributed by atoms with van der Waals surface area (Å²) in [6.45, 7) is 3.35. The number of nitrogens with one attached hydrogen (secondary N) is 2. The molecule has 2 amide bonds. The SMILES string of the molecule is CC(C)[C@@H](NC(=O)/C(=C/c1ccc2c(c1)OCO2)NC(=O)c1ccco1)C(=O)[O-]. The monoisotopic (exact) mass is 399 g/mol. The molecule has 0 saturated carbocycles. The highest BCUT2D eigenvalue weighted by atomic mass is 16.7. The van der Waals surface area contributed by atoms with E-state index < -0.39 is 29.7 Å². The first-order chi connectivity index (χ1) is 13.8. The summed E-state index contributed by atoms with van der Waals surface area (Å²) in [6, 6.07) is 6.69. The zero-order valence-corrected chi connectivity index (χ0v) is 15.8. The summed E-state index contributed by atoms with van der Waals surface area (Å²) in [5.74, 6) is -2.24. The van der Waals surface area contributed by atoms with Crippen molar-refractivity contribution in [2.75, 3.05) is 6.79 Å². The standard InChI is InChI=1S/C20H20N2O7/c1-11(2)17(20(25)26)22-18(23)13(21-19(24)15-4-3-7-27-15)8-12-5-6-14-16(9-12)29-10-28-14/h3-9,11,17H,10H2,1-2H3,(H,21,24)(H,22,23)(H,25,26)/p-1/b13-8-/t17-/m1/s1. The van der Waals surface area contributed by atoms with Crippen molar-refractivity contribution in [3.8, 4) is 11.5 Å². The van der Waals surface area contributed by atoms with Gasteiger partial charge in [-0.25, -0.2) is 0 Å². The van der Waals surface area contributed by atoms with E-state index in [4.69, 9.17) is 13.9 Å². The molecule has 0 aliphatic carbocycles. The summed E-state index contributed by atoms with van der Waals surface area (Å²) in [4.78, 5) is 36.4. The average molecular weight is 399 g/mol. The molecule has 0 bridgehead atoms. The molecule has 29 heavy (non-hydrogen) atoms. The lowest BCUT2D eigenvalue weighted by molar-refractivity contribution is -0.309. The smallest absolute Gasteiger partial charge is 0.291 e. The van der Waals surface area contributed by atoms with Crippen LogP contribution >= 0.6 is 0 Å². The Kier molecular flexibility index (Phi) is 5.87. The highest BCUT2D eigenvalue weighted by molar-refractivity contribution is 6.05. The van der Waals surface area contributed by atoms with Gasteiger partial charge in [0.1, 0.15) is 5.70 Å². The molecule has 1 aliphatic heterocycles. The van der Waals surface area contributed by atoms with Crippen LogP contribution in [0.15, 0.2) is 46.7 Å². The molecule has 0 radical (unpaired) electrons. The summed E-state index contributed by atoms with van der Waals surface area (Å²) in [7, 11) is 0. The van der Waals surface area contributed by atoms with Crippen LogP contribution in [0, 0.1) is 5.92 Å². The molecule has 1 atom stereocenters. The van der Waals surface area contributed by atoms with E-state index >= 15 is 0 Å². The van der Waals surface area contributed by atoms with E-state index in [1.807, 2.05) is 0 Å². The minimum Gasteiger partial charge on any atom is -0.548 e. The van der Waals surface area contributed by atoms with Gasteiger partial charge in [0.05, 0.1) is 18.3 Å². The topological polar surface area (TPSA) is 130 Å². The van der Waals surface area contributed by atoms with E-state index in [1.54, 1.807) is 32.0 Å². The Morgan fingerprint density at radius 1 is 1.14 bits per heavy atom. The minimum absolute atomic E-state index is 0.00491. The number of rotatable bonds is 7. The van der Waals surface area contributed by atoms with Gasteiger partial charge in [0, 0.05) is 0 Å². The van der Waals surface area contributed by atoms with E-state index in [2.05, 4.69) is 10.6 Å². The van der Waals surface area contributed by atoms with Crippen molar-refractivity contribution >= 4 is 23.9 Å². The Morgan fingerprint density at radius 2 is 1.90 bits per heavy atom. The summed E-state index contributed by atoms with van der Waals surface area (Å²) >= 11 is 0.